The maximum absolute atomic E-state index is 12.3. The molecule has 0 aliphatic heterocycles. The largest absolute Gasteiger partial charge is 0.427 e. The van der Waals surface area contributed by atoms with E-state index in [0.29, 0.717) is 11.3 Å². The summed E-state index contributed by atoms with van der Waals surface area (Å²) >= 11 is 0. The molecule has 0 bridgehead atoms. The number of allylic oxidation sites excluding steroid dienone is 2. The lowest BCUT2D eigenvalue weighted by atomic mass is 9.96. The molecule has 0 unspecified atom stereocenters. The van der Waals surface area contributed by atoms with Gasteiger partial charge >= 0.3 is 5.63 Å². The Kier molecular flexibility index (Phi) is 4.57. The molecule has 1 heterocycles. The van der Waals surface area contributed by atoms with Gasteiger partial charge in [0.15, 0.2) is 0 Å². The highest BCUT2D eigenvalue weighted by molar-refractivity contribution is 5.85. The predicted octanol–water partition coefficient (Wildman–Crippen LogP) is 5.87. The van der Waals surface area contributed by atoms with Gasteiger partial charge in [-0.3, -0.25) is 0 Å². The molecule has 0 atom stereocenters. The van der Waals surface area contributed by atoms with E-state index in [4.69, 9.17) is 4.42 Å². The average Bonchev–Trinajstić information content (AvgIpc) is 3.50. The van der Waals surface area contributed by atoms with Gasteiger partial charge in [-0.2, -0.15) is 0 Å². The lowest BCUT2D eigenvalue weighted by Crippen LogP contribution is -2.07. The molecular formula is C24H22O2. The van der Waals surface area contributed by atoms with Gasteiger partial charge in [-0.1, -0.05) is 72.8 Å². The first-order valence-corrected chi connectivity index (χ1v) is 9.15. The second-order valence-corrected chi connectivity index (χ2v) is 7.00. The molecule has 1 aliphatic carbocycles. The lowest BCUT2D eigenvalue weighted by Gasteiger charge is -2.12. The Hall–Kier alpha value is -2.87. The molecule has 1 aromatic heterocycles. The van der Waals surface area contributed by atoms with Crippen molar-refractivity contribution in [3.63, 3.8) is 0 Å². The molecule has 0 N–H and O–H groups in total. The van der Waals surface area contributed by atoms with Crippen molar-refractivity contribution in [1.82, 2.24) is 0 Å². The SMILES string of the molecule is C=C(C/C=C/c1ccccc1)Cc1c(C2CC2)oc(=O)c2ccccc12. The van der Waals surface area contributed by atoms with Gasteiger partial charge in [-0.15, -0.1) is 0 Å². The van der Waals surface area contributed by atoms with E-state index in [1.807, 2.05) is 42.5 Å². The fourth-order valence-corrected chi connectivity index (χ4v) is 3.38. The molecule has 26 heavy (non-hydrogen) atoms. The highest BCUT2D eigenvalue weighted by atomic mass is 16.4. The van der Waals surface area contributed by atoms with Crippen LogP contribution in [-0.2, 0) is 6.42 Å². The maximum Gasteiger partial charge on any atom is 0.343 e. The molecule has 130 valence electrons. The van der Waals surface area contributed by atoms with E-state index in [2.05, 4.69) is 30.9 Å². The molecule has 0 spiro atoms. The molecule has 3 aromatic rings. The van der Waals surface area contributed by atoms with Crippen LogP contribution < -0.4 is 5.63 Å². The molecule has 4 rings (SSSR count). The summed E-state index contributed by atoms with van der Waals surface area (Å²) < 4.78 is 5.71. The summed E-state index contributed by atoms with van der Waals surface area (Å²) in [5.74, 6) is 1.27. The lowest BCUT2D eigenvalue weighted by molar-refractivity contribution is 0.462. The van der Waals surface area contributed by atoms with Crippen LogP contribution in [0, 0.1) is 0 Å². The zero-order valence-electron chi connectivity index (χ0n) is 14.8. The Labute approximate surface area is 153 Å². The molecule has 1 aliphatic rings. The van der Waals surface area contributed by atoms with Gasteiger partial charge in [-0.05, 0) is 42.7 Å². The topological polar surface area (TPSA) is 30.2 Å². The van der Waals surface area contributed by atoms with Crippen molar-refractivity contribution in [2.75, 3.05) is 0 Å². The Bertz CT molecular complexity index is 1020. The summed E-state index contributed by atoms with van der Waals surface area (Å²) in [7, 11) is 0. The fraction of sp³-hybridized carbons (Fsp3) is 0.208. The minimum atomic E-state index is -0.221. The molecule has 2 nitrogen and oxygen atoms in total. The van der Waals surface area contributed by atoms with E-state index in [9.17, 15) is 4.79 Å². The zero-order chi connectivity index (χ0) is 17.9. The number of benzene rings is 2. The quantitative estimate of drug-likeness (QED) is 0.524. The van der Waals surface area contributed by atoms with Gasteiger partial charge < -0.3 is 4.42 Å². The molecule has 0 radical (unpaired) electrons. The van der Waals surface area contributed by atoms with E-state index >= 15 is 0 Å². The van der Waals surface area contributed by atoms with E-state index in [1.54, 1.807) is 0 Å². The van der Waals surface area contributed by atoms with Crippen LogP contribution >= 0.6 is 0 Å². The normalized spacial score (nSPS) is 14.2. The first-order chi connectivity index (χ1) is 12.7. The van der Waals surface area contributed by atoms with Crippen LogP contribution in [0.2, 0.25) is 0 Å². The van der Waals surface area contributed by atoms with E-state index in [-0.39, 0.29) is 5.63 Å². The van der Waals surface area contributed by atoms with E-state index in [0.717, 1.165) is 48.0 Å². The maximum atomic E-state index is 12.3. The van der Waals surface area contributed by atoms with Gasteiger partial charge in [0.2, 0.25) is 0 Å². The second-order valence-electron chi connectivity index (χ2n) is 7.00. The summed E-state index contributed by atoms with van der Waals surface area (Å²) in [6.45, 7) is 4.26. The zero-order valence-corrected chi connectivity index (χ0v) is 14.8. The second kappa shape index (κ2) is 7.17. The Morgan fingerprint density at radius 2 is 1.73 bits per heavy atom. The summed E-state index contributed by atoms with van der Waals surface area (Å²) in [5, 5.41) is 1.68. The molecule has 0 amide bonds. The van der Waals surface area contributed by atoms with Crippen molar-refractivity contribution in [2.45, 2.75) is 31.6 Å². The van der Waals surface area contributed by atoms with Crippen LogP contribution in [0.3, 0.4) is 0 Å². The van der Waals surface area contributed by atoms with Gasteiger partial charge in [0.05, 0.1) is 5.39 Å². The van der Waals surface area contributed by atoms with Gasteiger partial charge in [-0.25, -0.2) is 4.79 Å². The van der Waals surface area contributed by atoms with Crippen LogP contribution in [0.4, 0.5) is 0 Å². The van der Waals surface area contributed by atoms with E-state index < -0.39 is 0 Å². The summed E-state index contributed by atoms with van der Waals surface area (Å²) in [4.78, 5) is 12.3. The molecule has 1 fully saturated rings. The third kappa shape index (κ3) is 3.55. The van der Waals surface area contributed by atoms with Crippen molar-refractivity contribution >= 4 is 16.8 Å². The highest BCUT2D eigenvalue weighted by Gasteiger charge is 2.30. The van der Waals surface area contributed by atoms with E-state index in [1.165, 1.54) is 5.56 Å². The van der Waals surface area contributed by atoms with Crippen molar-refractivity contribution < 1.29 is 4.42 Å². The monoisotopic (exact) mass is 342 g/mol. The number of hydrogen-bond donors (Lipinski definition) is 0. The number of hydrogen-bond acceptors (Lipinski definition) is 2. The van der Waals surface area contributed by atoms with Crippen LogP contribution in [0.15, 0.2) is 82.0 Å². The standard InChI is InChI=1S/C24H22O2/c1-17(8-7-11-18-9-3-2-4-10-18)16-22-20-12-5-6-13-21(20)24(25)26-23(22)19-14-15-19/h2-7,9-13,19H,1,8,14-16H2/b11-7+. The van der Waals surface area contributed by atoms with Gasteiger partial charge in [0.1, 0.15) is 5.76 Å². The third-order valence-corrected chi connectivity index (χ3v) is 4.86. The van der Waals surface area contributed by atoms with Crippen LogP contribution in [0.5, 0.6) is 0 Å². The molecular weight excluding hydrogens is 320 g/mol. The Morgan fingerprint density at radius 3 is 2.46 bits per heavy atom. The summed E-state index contributed by atoms with van der Waals surface area (Å²) in [6, 6.07) is 18.0. The Morgan fingerprint density at radius 1 is 1.04 bits per heavy atom. The van der Waals surface area contributed by atoms with Crippen LogP contribution in [0.1, 0.15) is 42.1 Å². The Balaban J connectivity index is 1.59. The summed E-state index contributed by atoms with van der Waals surface area (Å²) in [6.07, 6.45) is 8.04. The number of rotatable bonds is 6. The highest BCUT2D eigenvalue weighted by Crippen LogP contribution is 2.43. The van der Waals surface area contributed by atoms with Crippen molar-refractivity contribution in [3.05, 3.63) is 100 Å². The predicted molar refractivity (Wildman–Crippen MR) is 107 cm³/mol. The van der Waals surface area contributed by atoms with Crippen molar-refractivity contribution in [3.8, 4) is 0 Å². The molecule has 2 aromatic carbocycles. The minimum absolute atomic E-state index is 0.221. The first kappa shape index (κ1) is 16.6. The molecule has 0 saturated heterocycles. The smallest absolute Gasteiger partial charge is 0.343 e. The minimum Gasteiger partial charge on any atom is -0.427 e. The first-order valence-electron chi connectivity index (χ1n) is 9.15. The molecule has 1 saturated carbocycles. The van der Waals surface area contributed by atoms with Gasteiger partial charge in [0, 0.05) is 11.5 Å². The van der Waals surface area contributed by atoms with Crippen molar-refractivity contribution in [1.29, 1.82) is 0 Å². The fourth-order valence-electron chi connectivity index (χ4n) is 3.38. The van der Waals surface area contributed by atoms with Crippen LogP contribution in [0.25, 0.3) is 16.8 Å². The molecule has 2 heteroatoms. The van der Waals surface area contributed by atoms with Crippen molar-refractivity contribution in [2.24, 2.45) is 0 Å². The van der Waals surface area contributed by atoms with Crippen LogP contribution in [-0.4, -0.2) is 0 Å². The third-order valence-electron chi connectivity index (χ3n) is 4.86. The average molecular weight is 342 g/mol. The van der Waals surface area contributed by atoms with Gasteiger partial charge in [0.25, 0.3) is 0 Å². The number of fused-ring (bicyclic) bond motifs is 1. The summed E-state index contributed by atoms with van der Waals surface area (Å²) in [5.41, 5.74) is 3.23.